The normalized spacial score (nSPS) is 14.8. The molecule has 2 heterocycles. The first-order valence-corrected chi connectivity index (χ1v) is 8.66. The van der Waals surface area contributed by atoms with Gasteiger partial charge in [-0.3, -0.25) is 14.5 Å². The lowest BCUT2D eigenvalue weighted by Crippen LogP contribution is -2.41. The molecule has 0 unspecified atom stereocenters. The van der Waals surface area contributed by atoms with Gasteiger partial charge in [-0.2, -0.15) is 0 Å². The van der Waals surface area contributed by atoms with Gasteiger partial charge >= 0.3 is 0 Å². The minimum absolute atomic E-state index is 0.0528. The number of nitrogens with zero attached hydrogens (tertiary/aromatic N) is 2. The third kappa shape index (κ3) is 4.50. The van der Waals surface area contributed by atoms with E-state index >= 15 is 0 Å². The van der Waals surface area contributed by atoms with E-state index in [0.29, 0.717) is 36.8 Å². The molecule has 2 aromatic rings. The van der Waals surface area contributed by atoms with Gasteiger partial charge in [-0.05, 0) is 43.3 Å². The number of aryl methyl sites for hydroxylation is 1. The van der Waals surface area contributed by atoms with Crippen molar-refractivity contribution in [2.45, 2.75) is 6.92 Å². The van der Waals surface area contributed by atoms with E-state index in [-0.39, 0.29) is 11.8 Å². The van der Waals surface area contributed by atoms with E-state index in [2.05, 4.69) is 15.5 Å². The van der Waals surface area contributed by atoms with Crippen LogP contribution in [0.3, 0.4) is 0 Å². The summed E-state index contributed by atoms with van der Waals surface area (Å²) in [5, 5.41) is 5.74. The molecule has 26 heavy (non-hydrogen) atoms. The van der Waals surface area contributed by atoms with E-state index in [0.717, 1.165) is 18.8 Å². The van der Waals surface area contributed by atoms with Gasteiger partial charge in [-0.25, -0.2) is 0 Å². The molecule has 0 saturated carbocycles. The summed E-state index contributed by atoms with van der Waals surface area (Å²) in [7, 11) is 1.86. The summed E-state index contributed by atoms with van der Waals surface area (Å²) < 4.78 is 7.12. The Morgan fingerprint density at radius 2 is 1.62 bits per heavy atom. The maximum absolute atomic E-state index is 12.3. The van der Waals surface area contributed by atoms with E-state index in [1.54, 1.807) is 30.3 Å². The number of aromatic nitrogens is 1. The molecule has 7 heteroatoms. The van der Waals surface area contributed by atoms with Crippen molar-refractivity contribution >= 4 is 23.2 Å². The maximum atomic E-state index is 12.3. The number of carbonyl (C=O) groups excluding carboxylic acids is 2. The van der Waals surface area contributed by atoms with Crippen molar-refractivity contribution < 1.29 is 14.3 Å². The predicted octanol–water partition coefficient (Wildman–Crippen LogP) is 1.86. The molecule has 1 aromatic heterocycles. The lowest BCUT2D eigenvalue weighted by atomic mass is 10.2. The SMILES string of the molecule is Cc1ccc(C(=O)Nc2ccc(NC(=O)CN3CCOCC3)cc2)n1C. The number of ether oxygens (including phenoxy) is 1. The van der Waals surface area contributed by atoms with Gasteiger partial charge in [0.05, 0.1) is 19.8 Å². The fraction of sp³-hybridized carbons (Fsp3) is 0.368. The van der Waals surface area contributed by atoms with Crippen molar-refractivity contribution in [2.75, 3.05) is 43.5 Å². The highest BCUT2D eigenvalue weighted by Gasteiger charge is 2.14. The molecule has 1 aliphatic heterocycles. The number of anilines is 2. The summed E-state index contributed by atoms with van der Waals surface area (Å²) in [6, 6.07) is 10.8. The minimum Gasteiger partial charge on any atom is -0.379 e. The monoisotopic (exact) mass is 356 g/mol. The summed E-state index contributed by atoms with van der Waals surface area (Å²) in [5.74, 6) is -0.215. The summed E-state index contributed by atoms with van der Waals surface area (Å²) in [4.78, 5) is 26.5. The molecule has 2 amide bonds. The molecule has 2 N–H and O–H groups in total. The third-order valence-corrected chi connectivity index (χ3v) is 4.50. The number of amides is 2. The number of hydrogen-bond donors (Lipinski definition) is 2. The largest absolute Gasteiger partial charge is 0.379 e. The van der Waals surface area contributed by atoms with Crippen LogP contribution in [0.2, 0.25) is 0 Å². The predicted molar refractivity (Wildman–Crippen MR) is 100 cm³/mol. The Balaban J connectivity index is 1.53. The van der Waals surface area contributed by atoms with Crippen LogP contribution in [0.15, 0.2) is 36.4 Å². The van der Waals surface area contributed by atoms with E-state index in [1.807, 2.05) is 24.6 Å². The Morgan fingerprint density at radius 1 is 1.00 bits per heavy atom. The molecule has 3 rings (SSSR count). The van der Waals surface area contributed by atoms with Crippen LogP contribution in [0, 0.1) is 6.92 Å². The van der Waals surface area contributed by atoms with Crippen LogP contribution in [0.5, 0.6) is 0 Å². The van der Waals surface area contributed by atoms with E-state index in [9.17, 15) is 9.59 Å². The fourth-order valence-corrected chi connectivity index (χ4v) is 2.84. The van der Waals surface area contributed by atoms with Crippen LogP contribution >= 0.6 is 0 Å². The maximum Gasteiger partial charge on any atom is 0.272 e. The second kappa shape index (κ2) is 8.16. The molecular formula is C19H24N4O3. The molecular weight excluding hydrogens is 332 g/mol. The first-order valence-electron chi connectivity index (χ1n) is 8.66. The second-order valence-electron chi connectivity index (χ2n) is 6.39. The van der Waals surface area contributed by atoms with Crippen molar-refractivity contribution in [2.24, 2.45) is 7.05 Å². The van der Waals surface area contributed by atoms with Gasteiger partial charge in [0.15, 0.2) is 0 Å². The van der Waals surface area contributed by atoms with Gasteiger partial charge in [-0.15, -0.1) is 0 Å². The van der Waals surface area contributed by atoms with Crippen molar-refractivity contribution in [3.63, 3.8) is 0 Å². The zero-order valence-electron chi connectivity index (χ0n) is 15.1. The highest BCUT2D eigenvalue weighted by Crippen LogP contribution is 2.15. The molecule has 138 valence electrons. The molecule has 1 saturated heterocycles. The quantitative estimate of drug-likeness (QED) is 0.857. The number of benzene rings is 1. The van der Waals surface area contributed by atoms with Crippen molar-refractivity contribution in [1.29, 1.82) is 0 Å². The van der Waals surface area contributed by atoms with Crippen LogP contribution < -0.4 is 10.6 Å². The van der Waals surface area contributed by atoms with Gasteiger partial charge < -0.3 is 19.9 Å². The Labute approximate surface area is 152 Å². The molecule has 1 fully saturated rings. The van der Waals surface area contributed by atoms with Crippen LogP contribution in [0.4, 0.5) is 11.4 Å². The van der Waals surface area contributed by atoms with Crippen molar-refractivity contribution in [3.05, 3.63) is 47.8 Å². The molecule has 1 aliphatic rings. The lowest BCUT2D eigenvalue weighted by molar-refractivity contribution is -0.118. The van der Waals surface area contributed by atoms with Crippen LogP contribution in [0.1, 0.15) is 16.2 Å². The van der Waals surface area contributed by atoms with E-state index < -0.39 is 0 Å². The molecule has 0 bridgehead atoms. The topological polar surface area (TPSA) is 75.6 Å². The average molecular weight is 356 g/mol. The molecule has 1 aromatic carbocycles. The zero-order chi connectivity index (χ0) is 18.5. The molecule has 0 radical (unpaired) electrons. The lowest BCUT2D eigenvalue weighted by Gasteiger charge is -2.25. The first-order chi connectivity index (χ1) is 12.5. The average Bonchev–Trinajstić information content (AvgIpc) is 2.96. The summed E-state index contributed by atoms with van der Waals surface area (Å²) in [6.07, 6.45) is 0. The van der Waals surface area contributed by atoms with Gasteiger partial charge in [0, 0.05) is 37.2 Å². The Morgan fingerprint density at radius 3 is 2.19 bits per heavy atom. The number of nitrogens with one attached hydrogen (secondary N) is 2. The number of carbonyl (C=O) groups is 2. The highest BCUT2D eigenvalue weighted by atomic mass is 16.5. The van der Waals surface area contributed by atoms with Gasteiger partial charge in [0.2, 0.25) is 5.91 Å². The number of rotatable bonds is 5. The summed E-state index contributed by atoms with van der Waals surface area (Å²) in [5.41, 5.74) is 3.01. The van der Waals surface area contributed by atoms with Crippen LogP contribution in [0.25, 0.3) is 0 Å². The summed E-state index contributed by atoms with van der Waals surface area (Å²) in [6.45, 7) is 5.19. The van der Waals surface area contributed by atoms with Crippen molar-refractivity contribution in [3.8, 4) is 0 Å². The van der Waals surface area contributed by atoms with E-state index in [4.69, 9.17) is 4.74 Å². The molecule has 7 nitrogen and oxygen atoms in total. The number of morpholine rings is 1. The zero-order valence-corrected chi connectivity index (χ0v) is 15.1. The third-order valence-electron chi connectivity index (χ3n) is 4.50. The smallest absolute Gasteiger partial charge is 0.272 e. The van der Waals surface area contributed by atoms with Gasteiger partial charge in [-0.1, -0.05) is 0 Å². The standard InChI is InChI=1S/C19H24N4O3/c1-14-3-8-17(22(14)2)19(25)21-16-6-4-15(5-7-16)20-18(24)13-23-9-11-26-12-10-23/h3-8H,9-13H2,1-2H3,(H,20,24)(H,21,25). The molecule has 0 atom stereocenters. The molecule has 0 spiro atoms. The van der Waals surface area contributed by atoms with E-state index in [1.165, 1.54) is 0 Å². The first kappa shape index (κ1) is 18.2. The minimum atomic E-state index is -0.162. The van der Waals surface area contributed by atoms with Gasteiger partial charge in [0.25, 0.3) is 5.91 Å². The number of hydrogen-bond acceptors (Lipinski definition) is 4. The van der Waals surface area contributed by atoms with Crippen molar-refractivity contribution in [1.82, 2.24) is 9.47 Å². The second-order valence-corrected chi connectivity index (χ2v) is 6.39. The highest BCUT2D eigenvalue weighted by molar-refractivity contribution is 6.03. The van der Waals surface area contributed by atoms with Crippen LogP contribution in [-0.2, 0) is 16.6 Å². The fourth-order valence-electron chi connectivity index (χ4n) is 2.84. The Kier molecular flexibility index (Phi) is 5.70. The summed E-state index contributed by atoms with van der Waals surface area (Å²) >= 11 is 0. The Bertz CT molecular complexity index is 777. The van der Waals surface area contributed by atoms with Gasteiger partial charge in [0.1, 0.15) is 5.69 Å². The van der Waals surface area contributed by atoms with Crippen LogP contribution in [-0.4, -0.2) is 54.1 Å². The Hall–Kier alpha value is -2.64. The molecule has 0 aliphatic carbocycles.